The standard InChI is InChI=1S/C14H26N4O2S2/c1-4-15-14(16-9-6-10-17-22(3,19)20)18(2)11-8-13-7-5-12-21-13/h5,7,12,17H,4,6,8-11H2,1-3H3,(H,15,16). The van der Waals surface area contributed by atoms with E-state index >= 15 is 0 Å². The van der Waals surface area contributed by atoms with E-state index in [1.807, 2.05) is 14.0 Å². The molecule has 1 heterocycles. The second-order valence-corrected chi connectivity index (χ2v) is 7.87. The summed E-state index contributed by atoms with van der Waals surface area (Å²) >= 11 is 1.76. The van der Waals surface area contributed by atoms with Gasteiger partial charge in [0.2, 0.25) is 10.0 Å². The first kappa shape index (κ1) is 18.9. The summed E-state index contributed by atoms with van der Waals surface area (Å²) in [6, 6.07) is 4.20. The van der Waals surface area contributed by atoms with Crippen molar-refractivity contribution in [2.45, 2.75) is 19.8 Å². The van der Waals surface area contributed by atoms with Crippen LogP contribution >= 0.6 is 11.3 Å². The molecular weight excluding hydrogens is 320 g/mol. The van der Waals surface area contributed by atoms with E-state index in [2.05, 4.69) is 37.4 Å². The molecule has 0 aliphatic rings. The van der Waals surface area contributed by atoms with Crippen LogP contribution < -0.4 is 10.0 Å². The SMILES string of the molecule is CCNC(=NCCCNS(C)(=O)=O)N(C)CCc1cccs1. The van der Waals surface area contributed by atoms with E-state index in [0.29, 0.717) is 19.5 Å². The Morgan fingerprint density at radius 2 is 2.23 bits per heavy atom. The molecule has 126 valence electrons. The number of sulfonamides is 1. The van der Waals surface area contributed by atoms with Crippen LogP contribution in [0.3, 0.4) is 0 Å². The molecule has 1 aromatic heterocycles. The summed E-state index contributed by atoms with van der Waals surface area (Å²) in [5.41, 5.74) is 0. The number of nitrogens with zero attached hydrogens (tertiary/aromatic N) is 2. The van der Waals surface area contributed by atoms with Gasteiger partial charge in [0.1, 0.15) is 0 Å². The van der Waals surface area contributed by atoms with Crippen LogP contribution in [0, 0.1) is 0 Å². The summed E-state index contributed by atoms with van der Waals surface area (Å²) in [7, 11) is -1.09. The molecule has 1 aromatic rings. The Hall–Kier alpha value is -1.12. The first-order valence-corrected chi connectivity index (χ1v) is 10.2. The summed E-state index contributed by atoms with van der Waals surface area (Å²) in [5, 5.41) is 5.35. The summed E-state index contributed by atoms with van der Waals surface area (Å²) in [6.07, 6.45) is 2.84. The minimum atomic E-state index is -3.11. The van der Waals surface area contributed by atoms with Gasteiger partial charge < -0.3 is 10.2 Å². The number of likely N-dealkylation sites (N-methyl/N-ethyl adjacent to an activating group) is 1. The molecule has 0 saturated heterocycles. The number of aliphatic imine (C=N–C) groups is 1. The molecule has 6 nitrogen and oxygen atoms in total. The number of guanidine groups is 1. The van der Waals surface area contributed by atoms with E-state index in [-0.39, 0.29) is 0 Å². The van der Waals surface area contributed by atoms with Gasteiger partial charge in [0.25, 0.3) is 0 Å². The second kappa shape index (κ2) is 9.81. The van der Waals surface area contributed by atoms with Crippen molar-refractivity contribution in [3.63, 3.8) is 0 Å². The highest BCUT2D eigenvalue weighted by atomic mass is 32.2. The average molecular weight is 347 g/mol. The molecule has 0 aliphatic heterocycles. The summed E-state index contributed by atoms with van der Waals surface area (Å²) in [6.45, 7) is 4.75. The van der Waals surface area contributed by atoms with E-state index in [1.54, 1.807) is 11.3 Å². The Bertz CT molecular complexity index is 541. The maximum absolute atomic E-state index is 11.0. The molecule has 8 heteroatoms. The monoisotopic (exact) mass is 346 g/mol. The highest BCUT2D eigenvalue weighted by molar-refractivity contribution is 7.88. The quantitative estimate of drug-likeness (QED) is 0.399. The zero-order valence-electron chi connectivity index (χ0n) is 13.5. The van der Waals surface area contributed by atoms with Gasteiger partial charge in [0.15, 0.2) is 5.96 Å². The third-order valence-electron chi connectivity index (χ3n) is 2.93. The van der Waals surface area contributed by atoms with Gasteiger partial charge in [-0.15, -0.1) is 11.3 Å². The predicted molar refractivity (Wildman–Crippen MR) is 94.1 cm³/mol. The second-order valence-electron chi connectivity index (χ2n) is 5.01. The number of hydrogen-bond acceptors (Lipinski definition) is 4. The van der Waals surface area contributed by atoms with Crippen molar-refractivity contribution >= 4 is 27.3 Å². The van der Waals surface area contributed by atoms with E-state index in [1.165, 1.54) is 11.1 Å². The van der Waals surface area contributed by atoms with Gasteiger partial charge in [0.05, 0.1) is 6.26 Å². The Balaban J connectivity index is 2.39. The molecule has 0 radical (unpaired) electrons. The lowest BCUT2D eigenvalue weighted by molar-refractivity contribution is 0.486. The van der Waals surface area contributed by atoms with Gasteiger partial charge in [-0.2, -0.15) is 0 Å². The zero-order valence-corrected chi connectivity index (χ0v) is 15.1. The molecule has 2 N–H and O–H groups in total. The fraction of sp³-hybridized carbons (Fsp3) is 0.643. The smallest absolute Gasteiger partial charge is 0.208 e. The molecule has 0 bridgehead atoms. The summed E-state index contributed by atoms with van der Waals surface area (Å²) in [5.74, 6) is 0.860. The first-order valence-electron chi connectivity index (χ1n) is 7.39. The largest absolute Gasteiger partial charge is 0.357 e. The van der Waals surface area contributed by atoms with Crippen LogP contribution in [0.15, 0.2) is 22.5 Å². The van der Waals surface area contributed by atoms with Crippen LogP contribution in [0.2, 0.25) is 0 Å². The van der Waals surface area contributed by atoms with Gasteiger partial charge in [-0.3, -0.25) is 4.99 Å². The third-order valence-corrected chi connectivity index (χ3v) is 4.60. The molecule has 22 heavy (non-hydrogen) atoms. The number of rotatable bonds is 9. The van der Waals surface area contributed by atoms with Crippen molar-refractivity contribution in [3.05, 3.63) is 22.4 Å². The normalized spacial score (nSPS) is 12.4. The predicted octanol–water partition coefficient (Wildman–Crippen LogP) is 1.13. The molecule has 0 saturated carbocycles. The molecule has 0 spiro atoms. The number of hydrogen-bond donors (Lipinski definition) is 2. The van der Waals surface area contributed by atoms with Crippen molar-refractivity contribution in [1.29, 1.82) is 0 Å². The fourth-order valence-corrected chi connectivity index (χ4v) is 3.04. The van der Waals surface area contributed by atoms with Crippen molar-refractivity contribution in [3.8, 4) is 0 Å². The van der Waals surface area contributed by atoms with Crippen LogP contribution in [0.1, 0.15) is 18.2 Å². The minimum Gasteiger partial charge on any atom is -0.357 e. The summed E-state index contributed by atoms with van der Waals surface area (Å²) in [4.78, 5) is 8.00. The topological polar surface area (TPSA) is 73.8 Å². The van der Waals surface area contributed by atoms with Gasteiger partial charge in [-0.05, 0) is 31.2 Å². The zero-order chi connectivity index (χ0) is 16.4. The Kier molecular flexibility index (Phi) is 8.44. The maximum atomic E-state index is 11.0. The van der Waals surface area contributed by atoms with Crippen molar-refractivity contribution < 1.29 is 8.42 Å². The van der Waals surface area contributed by atoms with Crippen LogP contribution in [0.4, 0.5) is 0 Å². The molecule has 0 fully saturated rings. The third kappa shape index (κ3) is 8.35. The van der Waals surface area contributed by atoms with Gasteiger partial charge in [-0.1, -0.05) is 6.07 Å². The van der Waals surface area contributed by atoms with E-state index in [0.717, 1.165) is 25.5 Å². The fourth-order valence-electron chi connectivity index (χ4n) is 1.83. The Morgan fingerprint density at radius 1 is 1.45 bits per heavy atom. The van der Waals surface area contributed by atoms with E-state index in [9.17, 15) is 8.42 Å². The molecule has 1 rings (SSSR count). The highest BCUT2D eigenvalue weighted by Gasteiger charge is 2.06. The molecule has 0 unspecified atom stereocenters. The maximum Gasteiger partial charge on any atom is 0.208 e. The Morgan fingerprint density at radius 3 is 2.82 bits per heavy atom. The average Bonchev–Trinajstić information content (AvgIpc) is 2.95. The molecule has 0 amide bonds. The van der Waals surface area contributed by atoms with Crippen molar-refractivity contribution in [1.82, 2.24) is 14.9 Å². The molecular formula is C14H26N4O2S2. The highest BCUT2D eigenvalue weighted by Crippen LogP contribution is 2.09. The van der Waals surface area contributed by atoms with Gasteiger partial charge >= 0.3 is 0 Å². The van der Waals surface area contributed by atoms with Crippen LogP contribution in [0.25, 0.3) is 0 Å². The lowest BCUT2D eigenvalue weighted by Gasteiger charge is -2.21. The minimum absolute atomic E-state index is 0.417. The van der Waals surface area contributed by atoms with E-state index < -0.39 is 10.0 Å². The lowest BCUT2D eigenvalue weighted by atomic mass is 10.3. The van der Waals surface area contributed by atoms with Crippen LogP contribution in [-0.4, -0.2) is 58.8 Å². The molecule has 0 atom stereocenters. The number of thiophene rings is 1. The molecule has 0 aromatic carbocycles. The first-order chi connectivity index (χ1) is 10.4. The number of nitrogens with one attached hydrogen (secondary N) is 2. The van der Waals surface area contributed by atoms with Gasteiger partial charge in [0, 0.05) is 38.1 Å². The molecule has 0 aliphatic carbocycles. The van der Waals surface area contributed by atoms with Gasteiger partial charge in [-0.25, -0.2) is 13.1 Å². The van der Waals surface area contributed by atoms with Crippen LogP contribution in [-0.2, 0) is 16.4 Å². The van der Waals surface area contributed by atoms with E-state index in [4.69, 9.17) is 0 Å². The van der Waals surface area contributed by atoms with Crippen molar-refractivity contribution in [2.24, 2.45) is 4.99 Å². The summed E-state index contributed by atoms with van der Waals surface area (Å²) < 4.78 is 24.4. The van der Waals surface area contributed by atoms with Crippen molar-refractivity contribution in [2.75, 3.05) is 39.5 Å². The Labute approximate surface area is 137 Å². The lowest BCUT2D eigenvalue weighted by Crippen LogP contribution is -2.40. The van der Waals surface area contributed by atoms with Crippen LogP contribution in [0.5, 0.6) is 0 Å².